The van der Waals surface area contributed by atoms with Gasteiger partial charge in [-0.2, -0.15) is 0 Å². The zero-order chi connectivity index (χ0) is 15.0. The maximum Gasteiger partial charge on any atom is 0.233 e. The number of nitrogens with one attached hydrogen (secondary N) is 2. The smallest absolute Gasteiger partial charge is 0.233 e. The average Bonchev–Trinajstić information content (AvgIpc) is 2.47. The van der Waals surface area contributed by atoms with Gasteiger partial charge in [0.15, 0.2) is 0 Å². The van der Waals surface area contributed by atoms with E-state index in [0.717, 1.165) is 5.75 Å². The number of carbonyl (C=O) groups excluding carboxylic acids is 2. The van der Waals surface area contributed by atoms with Gasteiger partial charge in [-0.1, -0.05) is 22.9 Å². The van der Waals surface area contributed by atoms with Gasteiger partial charge < -0.3 is 15.4 Å². The molecule has 2 N–H and O–H groups in total. The van der Waals surface area contributed by atoms with Gasteiger partial charge in [0.25, 0.3) is 0 Å². The first kappa shape index (κ1) is 16.5. The Kier molecular flexibility index (Phi) is 7.08. The minimum absolute atomic E-state index is 0.0928. The lowest BCUT2D eigenvalue weighted by atomic mass is 10.3. The molecule has 0 bridgehead atoms. The maximum atomic E-state index is 11.7. The van der Waals surface area contributed by atoms with Crippen molar-refractivity contribution < 1.29 is 14.3 Å². The van der Waals surface area contributed by atoms with Crippen LogP contribution in [0.5, 0.6) is 5.75 Å². The zero-order valence-electron chi connectivity index (χ0n) is 11.6. The lowest BCUT2D eigenvalue weighted by Gasteiger charge is -2.09. The summed E-state index contributed by atoms with van der Waals surface area (Å²) < 4.78 is 5.03. The Labute approximate surface area is 127 Å². The fourth-order valence-corrected chi connectivity index (χ4v) is 1.66. The summed E-state index contributed by atoms with van der Waals surface area (Å²) in [7, 11) is 1.59. The number of benzene rings is 1. The number of hydrogen-bond donors (Lipinski definition) is 2. The van der Waals surface area contributed by atoms with Gasteiger partial charge >= 0.3 is 0 Å². The van der Waals surface area contributed by atoms with Crippen LogP contribution >= 0.6 is 15.9 Å². The summed E-state index contributed by atoms with van der Waals surface area (Å²) in [5.74, 6) is 0.501. The van der Waals surface area contributed by atoms with Gasteiger partial charge in [-0.15, -0.1) is 0 Å². The van der Waals surface area contributed by atoms with E-state index < -0.39 is 0 Å². The number of anilines is 1. The fraction of sp³-hybridized carbons (Fsp3) is 0.429. The number of ether oxygens (including phenoxy) is 1. The molecule has 6 heteroatoms. The van der Waals surface area contributed by atoms with Gasteiger partial charge in [0, 0.05) is 18.7 Å². The molecule has 20 heavy (non-hydrogen) atoms. The topological polar surface area (TPSA) is 67.4 Å². The molecule has 1 atom stereocenters. The Bertz CT molecular complexity index is 448. The van der Waals surface area contributed by atoms with Crippen LogP contribution in [-0.4, -0.2) is 30.3 Å². The van der Waals surface area contributed by atoms with Gasteiger partial charge in [0.1, 0.15) is 5.75 Å². The van der Waals surface area contributed by atoms with Crippen molar-refractivity contribution >= 4 is 33.4 Å². The molecule has 0 aliphatic heterocycles. The Balaban J connectivity index is 2.31. The maximum absolute atomic E-state index is 11.7. The minimum atomic E-state index is -0.202. The number of halogens is 1. The monoisotopic (exact) mass is 342 g/mol. The highest BCUT2D eigenvalue weighted by Crippen LogP contribution is 2.14. The van der Waals surface area contributed by atoms with Crippen LogP contribution in [0.3, 0.4) is 0 Å². The summed E-state index contributed by atoms with van der Waals surface area (Å²) in [6, 6.07) is 7.07. The van der Waals surface area contributed by atoms with Crippen LogP contribution in [0.1, 0.15) is 19.8 Å². The lowest BCUT2D eigenvalue weighted by Crippen LogP contribution is -2.33. The molecule has 0 fully saturated rings. The average molecular weight is 343 g/mol. The second-order valence-electron chi connectivity index (χ2n) is 4.19. The van der Waals surface area contributed by atoms with E-state index in [-0.39, 0.29) is 23.1 Å². The van der Waals surface area contributed by atoms with E-state index in [1.165, 1.54) is 0 Å². The van der Waals surface area contributed by atoms with Gasteiger partial charge in [-0.05, 0) is 30.7 Å². The lowest BCUT2D eigenvalue weighted by molar-refractivity contribution is -0.120. The van der Waals surface area contributed by atoms with Crippen LogP contribution in [0, 0.1) is 0 Å². The highest BCUT2D eigenvalue weighted by molar-refractivity contribution is 9.10. The van der Waals surface area contributed by atoms with Gasteiger partial charge in [-0.3, -0.25) is 9.59 Å². The van der Waals surface area contributed by atoms with Gasteiger partial charge in [0.05, 0.1) is 11.9 Å². The predicted molar refractivity (Wildman–Crippen MR) is 82.3 cm³/mol. The van der Waals surface area contributed by atoms with Crippen molar-refractivity contribution in [3.8, 4) is 5.75 Å². The summed E-state index contributed by atoms with van der Waals surface area (Å²) in [6.07, 6.45) is 0.949. The Morgan fingerprint density at radius 2 is 1.95 bits per heavy atom. The number of rotatable bonds is 7. The SMILES string of the molecule is CCC(Br)C(=O)NCCC(=O)Nc1ccc(OC)cc1. The summed E-state index contributed by atoms with van der Waals surface area (Å²) in [4.78, 5) is 23.0. The number of hydrogen-bond acceptors (Lipinski definition) is 3. The van der Waals surface area contributed by atoms with Crippen LogP contribution < -0.4 is 15.4 Å². The number of methoxy groups -OCH3 is 1. The molecule has 0 aliphatic rings. The van der Waals surface area contributed by atoms with E-state index in [2.05, 4.69) is 26.6 Å². The van der Waals surface area contributed by atoms with Crippen molar-refractivity contribution in [3.05, 3.63) is 24.3 Å². The predicted octanol–water partition coefficient (Wildman–Crippen LogP) is 2.31. The molecule has 1 aromatic rings. The van der Waals surface area contributed by atoms with Gasteiger partial charge in [-0.25, -0.2) is 0 Å². The van der Waals surface area contributed by atoms with Crippen molar-refractivity contribution in [1.82, 2.24) is 5.32 Å². The third-order valence-electron chi connectivity index (χ3n) is 2.67. The van der Waals surface area contributed by atoms with Crippen molar-refractivity contribution in [2.45, 2.75) is 24.6 Å². The van der Waals surface area contributed by atoms with Crippen LogP contribution in [0.15, 0.2) is 24.3 Å². The third kappa shape index (κ3) is 5.61. The molecule has 0 saturated carbocycles. The fourth-order valence-electron chi connectivity index (χ4n) is 1.49. The highest BCUT2D eigenvalue weighted by Gasteiger charge is 2.11. The number of alkyl halides is 1. The van der Waals surface area contributed by atoms with Crippen LogP contribution in [-0.2, 0) is 9.59 Å². The standard InChI is InChI=1S/C14H19BrN2O3/c1-3-12(15)14(19)16-9-8-13(18)17-10-4-6-11(20-2)7-5-10/h4-7,12H,3,8-9H2,1-2H3,(H,16,19)(H,17,18). The Morgan fingerprint density at radius 3 is 2.50 bits per heavy atom. The third-order valence-corrected chi connectivity index (χ3v) is 3.73. The quantitative estimate of drug-likeness (QED) is 0.747. The first-order chi connectivity index (χ1) is 9.56. The number of amides is 2. The zero-order valence-corrected chi connectivity index (χ0v) is 13.2. The van der Waals surface area contributed by atoms with Crippen LogP contribution in [0.25, 0.3) is 0 Å². The minimum Gasteiger partial charge on any atom is -0.497 e. The van der Waals surface area contributed by atoms with Gasteiger partial charge in [0.2, 0.25) is 11.8 Å². The molecular formula is C14H19BrN2O3. The van der Waals surface area contributed by atoms with E-state index in [4.69, 9.17) is 4.74 Å². The Hall–Kier alpha value is -1.56. The molecule has 1 unspecified atom stereocenters. The second-order valence-corrected chi connectivity index (χ2v) is 5.30. The van der Waals surface area contributed by atoms with Crippen LogP contribution in [0.2, 0.25) is 0 Å². The first-order valence-corrected chi connectivity index (χ1v) is 7.34. The molecule has 0 heterocycles. The molecule has 110 valence electrons. The molecule has 5 nitrogen and oxygen atoms in total. The second kappa shape index (κ2) is 8.58. The van der Waals surface area contributed by atoms with E-state index in [1.54, 1.807) is 31.4 Å². The van der Waals surface area contributed by atoms with Crippen molar-refractivity contribution in [1.29, 1.82) is 0 Å². The highest BCUT2D eigenvalue weighted by atomic mass is 79.9. The molecule has 1 aromatic carbocycles. The summed E-state index contributed by atoms with van der Waals surface area (Å²) in [5.41, 5.74) is 0.703. The normalized spacial score (nSPS) is 11.6. The van der Waals surface area contributed by atoms with E-state index in [9.17, 15) is 9.59 Å². The molecular weight excluding hydrogens is 324 g/mol. The number of carbonyl (C=O) groups is 2. The molecule has 2 amide bonds. The molecule has 0 radical (unpaired) electrons. The molecule has 0 aromatic heterocycles. The summed E-state index contributed by atoms with van der Waals surface area (Å²) >= 11 is 3.25. The Morgan fingerprint density at radius 1 is 1.30 bits per heavy atom. The molecule has 0 aliphatic carbocycles. The summed E-state index contributed by atoms with van der Waals surface area (Å²) in [5, 5.41) is 5.45. The van der Waals surface area contributed by atoms with Crippen molar-refractivity contribution in [2.24, 2.45) is 0 Å². The van der Waals surface area contributed by atoms with Crippen molar-refractivity contribution in [2.75, 3.05) is 19.0 Å². The van der Waals surface area contributed by atoms with Crippen molar-refractivity contribution in [3.63, 3.8) is 0 Å². The summed E-state index contributed by atoms with van der Waals surface area (Å²) in [6.45, 7) is 2.23. The first-order valence-electron chi connectivity index (χ1n) is 6.42. The van der Waals surface area contributed by atoms with E-state index in [0.29, 0.717) is 18.7 Å². The van der Waals surface area contributed by atoms with Crippen LogP contribution in [0.4, 0.5) is 5.69 Å². The molecule has 0 saturated heterocycles. The molecule has 1 rings (SSSR count). The van der Waals surface area contributed by atoms with E-state index in [1.807, 2.05) is 6.92 Å². The largest absolute Gasteiger partial charge is 0.497 e. The molecule has 0 spiro atoms. The van der Waals surface area contributed by atoms with E-state index >= 15 is 0 Å².